The van der Waals surface area contributed by atoms with Gasteiger partial charge in [-0.3, -0.25) is 14.5 Å². The molecule has 2 aliphatic rings. The van der Waals surface area contributed by atoms with Gasteiger partial charge >= 0.3 is 5.97 Å². The van der Waals surface area contributed by atoms with Crippen molar-refractivity contribution in [3.8, 4) is 0 Å². The summed E-state index contributed by atoms with van der Waals surface area (Å²) < 4.78 is 7.11. The number of carboxylic acids is 2. The highest BCUT2D eigenvalue weighted by molar-refractivity contribution is 8.00. The van der Waals surface area contributed by atoms with Gasteiger partial charge in [0.25, 0.3) is 11.8 Å². The van der Waals surface area contributed by atoms with E-state index in [0.717, 1.165) is 21.6 Å². The molecule has 0 saturated carbocycles. The number of fused-ring (bicyclic) bond motifs is 2. The minimum atomic E-state index is -1.76. The quantitative estimate of drug-likeness (QED) is 0.125. The largest absolute Gasteiger partial charge is 0.543 e. The third kappa shape index (κ3) is 4.98. The number of β-lactam (4-membered cyclic amide) rings is 1. The molecule has 2 amide bonds. The molecule has 1 fully saturated rings. The summed E-state index contributed by atoms with van der Waals surface area (Å²) in [6, 6.07) is 2.45. The summed E-state index contributed by atoms with van der Waals surface area (Å²) in [7, 11) is 0. The van der Waals surface area contributed by atoms with Gasteiger partial charge in [0.1, 0.15) is 22.7 Å². The smallest absolute Gasteiger partial charge is 0.350 e. The number of carbonyl (C=O) groups excluding carboxylic acids is 3. The third-order valence-corrected chi connectivity index (χ3v) is 8.22. The molecule has 2 atom stereocenters. The van der Waals surface area contributed by atoms with E-state index in [4.69, 9.17) is 15.0 Å². The first-order chi connectivity index (χ1) is 19.0. The molecule has 1 unspecified atom stereocenters. The van der Waals surface area contributed by atoms with E-state index < -0.39 is 46.5 Å². The van der Waals surface area contributed by atoms with Crippen molar-refractivity contribution >= 4 is 68.7 Å². The van der Waals surface area contributed by atoms with Crippen LogP contribution in [0.15, 0.2) is 57.0 Å². The monoisotopic (exact) mass is 586 g/mol. The van der Waals surface area contributed by atoms with Crippen LogP contribution in [0.5, 0.6) is 0 Å². The maximum atomic E-state index is 13.2. The van der Waals surface area contributed by atoms with Gasteiger partial charge in [-0.1, -0.05) is 5.16 Å². The number of thioether (sulfide) groups is 1. The van der Waals surface area contributed by atoms with Gasteiger partial charge in [0.2, 0.25) is 5.60 Å². The number of oxime groups is 1. The van der Waals surface area contributed by atoms with Crippen LogP contribution in [-0.2, 0) is 30.6 Å². The normalized spacial score (nSPS) is 19.3. The predicted molar refractivity (Wildman–Crippen MR) is 139 cm³/mol. The zero-order valence-corrected chi connectivity index (χ0v) is 22.7. The first kappa shape index (κ1) is 27.1. The number of carbonyl (C=O) groups is 4. The second-order valence-electron chi connectivity index (χ2n) is 9.38. The molecular weight excluding hydrogens is 564 g/mol. The maximum absolute atomic E-state index is 13.2. The van der Waals surface area contributed by atoms with Crippen LogP contribution in [0.2, 0.25) is 0 Å². The second kappa shape index (κ2) is 10.3. The van der Waals surface area contributed by atoms with E-state index in [2.05, 4.69) is 15.5 Å². The summed E-state index contributed by atoms with van der Waals surface area (Å²) in [6.07, 6.45) is 5.09. The number of amides is 2. The lowest BCUT2D eigenvalue weighted by molar-refractivity contribution is -0.687. The van der Waals surface area contributed by atoms with Crippen LogP contribution in [0.1, 0.15) is 19.5 Å². The van der Waals surface area contributed by atoms with Gasteiger partial charge < -0.3 is 35.3 Å². The fraction of sp³-hybridized carbons (Fsp3) is 0.292. The molecule has 0 aliphatic carbocycles. The fourth-order valence-electron chi connectivity index (χ4n) is 4.08. The summed E-state index contributed by atoms with van der Waals surface area (Å²) in [6.45, 7) is 2.68. The molecule has 14 nitrogen and oxygen atoms in total. The number of thiazole rings is 1. The Kier molecular flexibility index (Phi) is 6.97. The molecule has 208 valence electrons. The van der Waals surface area contributed by atoms with Crippen LogP contribution in [0.3, 0.4) is 0 Å². The molecule has 4 N–H and O–H groups in total. The standard InChI is InChI=1S/C24H22N6O8S2/c1-24(2,22(35)36)38-28-15(13-10-40-23(25)26-13)18(31)27-16-19(32)30-17(21(33)34)12(9-39-20(16)30)8-29-5-3-14-11(7-29)4-6-37-14/h3-7,10,16,20H,8-9H2,1-2H3,(H4-,25,26,27,31,33,34,35,36)/t16?,20-/m1/s1. The average molecular weight is 587 g/mol. The zero-order valence-electron chi connectivity index (χ0n) is 21.0. The summed E-state index contributed by atoms with van der Waals surface area (Å²) in [5, 5.41) is 29.4. The number of hydrogen-bond donors (Lipinski definition) is 3. The van der Waals surface area contributed by atoms with Crippen molar-refractivity contribution in [2.24, 2.45) is 5.16 Å². The van der Waals surface area contributed by atoms with Crippen LogP contribution in [-0.4, -0.2) is 67.2 Å². The zero-order chi connectivity index (χ0) is 28.8. The van der Waals surface area contributed by atoms with Gasteiger partial charge in [0, 0.05) is 22.8 Å². The van der Waals surface area contributed by atoms with Gasteiger partial charge in [-0.2, -0.15) is 0 Å². The molecule has 40 heavy (non-hydrogen) atoms. The van der Waals surface area contributed by atoms with E-state index in [-0.39, 0.29) is 28.8 Å². The number of nitrogen functional groups attached to an aromatic ring is 1. The van der Waals surface area contributed by atoms with Crippen molar-refractivity contribution < 1.29 is 43.2 Å². The SMILES string of the molecule is CC(C)(ON=C(C(=O)NC1C(=O)N2C(C(=O)[O-])=C(C[n+]3ccc4occc4c3)CS[C@H]12)c1csc(N)n1)C(=O)O. The number of nitrogens with one attached hydrogen (secondary N) is 1. The first-order valence-corrected chi connectivity index (χ1v) is 13.7. The van der Waals surface area contributed by atoms with E-state index in [0.29, 0.717) is 11.2 Å². The van der Waals surface area contributed by atoms with Crippen molar-refractivity contribution in [1.82, 2.24) is 15.2 Å². The number of hydrogen-bond acceptors (Lipinski definition) is 12. The molecule has 0 aromatic carbocycles. The third-order valence-electron chi connectivity index (χ3n) is 6.21. The Hall–Kier alpha value is -4.44. The number of aromatic nitrogens is 2. The molecule has 0 spiro atoms. The second-order valence-corrected chi connectivity index (χ2v) is 11.4. The molecule has 1 saturated heterocycles. The molecule has 3 aromatic rings. The molecule has 0 radical (unpaired) electrons. The highest BCUT2D eigenvalue weighted by atomic mass is 32.2. The van der Waals surface area contributed by atoms with Crippen molar-refractivity contribution in [1.29, 1.82) is 0 Å². The van der Waals surface area contributed by atoms with Crippen LogP contribution >= 0.6 is 23.1 Å². The van der Waals surface area contributed by atoms with Gasteiger partial charge in [0.15, 0.2) is 29.8 Å². The van der Waals surface area contributed by atoms with Crippen LogP contribution in [0.25, 0.3) is 11.0 Å². The highest BCUT2D eigenvalue weighted by Gasteiger charge is 2.53. The van der Waals surface area contributed by atoms with Crippen LogP contribution < -0.4 is 20.7 Å². The Bertz CT molecular complexity index is 1610. The Morgan fingerprint density at radius 2 is 2.17 bits per heavy atom. The van der Waals surface area contributed by atoms with Crippen molar-refractivity contribution in [3.05, 3.63) is 53.1 Å². The fourth-order valence-corrected chi connectivity index (χ4v) is 5.96. The maximum Gasteiger partial charge on any atom is 0.350 e. The molecule has 3 aromatic heterocycles. The summed E-state index contributed by atoms with van der Waals surface area (Å²) in [5.74, 6) is -4.09. The Labute approximate surface area is 234 Å². The first-order valence-electron chi connectivity index (χ1n) is 11.7. The lowest BCUT2D eigenvalue weighted by Crippen LogP contribution is -2.71. The summed E-state index contributed by atoms with van der Waals surface area (Å²) in [4.78, 5) is 60.1. The number of pyridine rings is 1. The molecule has 5 rings (SSSR count). The van der Waals surface area contributed by atoms with Crippen LogP contribution in [0, 0.1) is 0 Å². The molecule has 16 heteroatoms. The minimum Gasteiger partial charge on any atom is -0.543 e. The number of aliphatic carboxylic acids is 2. The van der Waals surface area contributed by atoms with Crippen molar-refractivity contribution in [2.45, 2.75) is 37.4 Å². The number of anilines is 1. The van der Waals surface area contributed by atoms with Crippen LogP contribution in [0.4, 0.5) is 5.13 Å². The van der Waals surface area contributed by atoms with E-state index in [1.807, 2.05) is 0 Å². The molecular formula is C24H22N6O8S2. The lowest BCUT2D eigenvalue weighted by Gasteiger charge is -2.50. The summed E-state index contributed by atoms with van der Waals surface area (Å²) >= 11 is 2.30. The van der Waals surface area contributed by atoms with E-state index in [1.165, 1.54) is 31.0 Å². The topological polar surface area (TPSA) is 204 Å². The van der Waals surface area contributed by atoms with Gasteiger partial charge in [-0.15, -0.1) is 23.1 Å². The number of carboxylic acid groups (broad SMARTS) is 2. The Morgan fingerprint density at radius 3 is 2.85 bits per heavy atom. The predicted octanol–water partition coefficient (Wildman–Crippen LogP) is -0.553. The molecule has 2 aliphatic heterocycles. The summed E-state index contributed by atoms with van der Waals surface area (Å²) in [5.41, 5.74) is 4.45. The highest BCUT2D eigenvalue weighted by Crippen LogP contribution is 2.40. The Balaban J connectivity index is 1.36. The average Bonchev–Trinajstić information content (AvgIpc) is 3.55. The molecule has 0 bridgehead atoms. The number of furan rings is 1. The van der Waals surface area contributed by atoms with Gasteiger partial charge in [-0.05, 0) is 19.9 Å². The number of rotatable bonds is 9. The Morgan fingerprint density at radius 1 is 1.40 bits per heavy atom. The van der Waals surface area contributed by atoms with Gasteiger partial charge in [-0.25, -0.2) is 14.3 Å². The van der Waals surface area contributed by atoms with Crippen molar-refractivity contribution in [2.75, 3.05) is 11.5 Å². The van der Waals surface area contributed by atoms with E-state index >= 15 is 0 Å². The minimum absolute atomic E-state index is 0.0188. The van der Waals surface area contributed by atoms with E-state index in [1.54, 1.807) is 35.4 Å². The van der Waals surface area contributed by atoms with E-state index in [9.17, 15) is 29.4 Å². The lowest BCUT2D eigenvalue weighted by atomic mass is 10.0. The number of nitrogens with two attached hydrogens (primary N) is 1. The molecule has 5 heterocycles. The number of nitrogens with zero attached hydrogens (tertiary/aromatic N) is 4. The van der Waals surface area contributed by atoms with Crippen molar-refractivity contribution in [3.63, 3.8) is 0 Å². The van der Waals surface area contributed by atoms with Gasteiger partial charge in [0.05, 0.1) is 23.3 Å².